The Bertz CT molecular complexity index is 444. The summed E-state index contributed by atoms with van der Waals surface area (Å²) in [7, 11) is 0. The van der Waals surface area contributed by atoms with Gasteiger partial charge in [0.15, 0.2) is 0 Å². The van der Waals surface area contributed by atoms with Gasteiger partial charge in [0.1, 0.15) is 17.2 Å². The van der Waals surface area contributed by atoms with Crippen LogP contribution < -0.4 is 10.6 Å². The smallest absolute Gasteiger partial charge is 0.257 e. The van der Waals surface area contributed by atoms with Crippen LogP contribution in [0.15, 0.2) is 16.6 Å². The van der Waals surface area contributed by atoms with Gasteiger partial charge in [-0.15, -0.1) is 12.4 Å². The minimum absolute atomic E-state index is 0. The van der Waals surface area contributed by atoms with Crippen LogP contribution in [0, 0.1) is 11.6 Å². The number of halogens is 4. The van der Waals surface area contributed by atoms with Crippen molar-refractivity contribution >= 4 is 34.2 Å². The monoisotopic (exact) mass is 354 g/mol. The summed E-state index contributed by atoms with van der Waals surface area (Å²) >= 11 is 2.97. The molecule has 1 amide bonds. The second-order valence-electron chi connectivity index (χ2n) is 4.26. The van der Waals surface area contributed by atoms with Gasteiger partial charge in [-0.2, -0.15) is 0 Å². The third-order valence-corrected chi connectivity index (χ3v) is 3.32. The Morgan fingerprint density at radius 3 is 2.53 bits per heavy atom. The Kier molecular flexibility index (Phi) is 6.16. The van der Waals surface area contributed by atoms with E-state index < -0.39 is 23.1 Å². The van der Waals surface area contributed by atoms with Gasteiger partial charge in [0.05, 0.1) is 0 Å². The number of carbonyl (C=O) groups is 1. The Morgan fingerprint density at radius 1 is 1.37 bits per heavy atom. The van der Waals surface area contributed by atoms with Crippen molar-refractivity contribution in [2.24, 2.45) is 0 Å². The van der Waals surface area contributed by atoms with E-state index >= 15 is 0 Å². The predicted molar refractivity (Wildman–Crippen MR) is 74.7 cm³/mol. The number of hydrogen-bond donors (Lipinski definition) is 2. The summed E-state index contributed by atoms with van der Waals surface area (Å²) in [6.45, 7) is 1.54. The van der Waals surface area contributed by atoms with Crippen molar-refractivity contribution in [3.8, 4) is 0 Å². The molecule has 1 heterocycles. The fourth-order valence-electron chi connectivity index (χ4n) is 1.99. The van der Waals surface area contributed by atoms with Crippen LogP contribution in [-0.2, 0) is 0 Å². The number of carbonyl (C=O) groups excluding carboxylic acids is 1. The maximum Gasteiger partial charge on any atom is 0.257 e. The molecule has 106 valence electrons. The highest BCUT2D eigenvalue weighted by Gasteiger charge is 2.22. The number of hydrogen-bond acceptors (Lipinski definition) is 2. The maximum absolute atomic E-state index is 13.6. The Morgan fingerprint density at radius 2 is 2.00 bits per heavy atom. The Labute approximate surface area is 124 Å². The van der Waals surface area contributed by atoms with E-state index in [1.807, 2.05) is 0 Å². The van der Waals surface area contributed by atoms with E-state index in [0.29, 0.717) is 6.54 Å². The molecule has 3 nitrogen and oxygen atoms in total. The number of benzene rings is 1. The molecule has 2 rings (SSSR count). The van der Waals surface area contributed by atoms with Crippen LogP contribution in [0.25, 0.3) is 0 Å². The lowest BCUT2D eigenvalue weighted by atomic mass is 10.1. The average Bonchev–Trinajstić information content (AvgIpc) is 2.28. The number of amides is 1. The van der Waals surface area contributed by atoms with Gasteiger partial charge in [-0.05, 0) is 31.5 Å². The lowest BCUT2D eigenvalue weighted by molar-refractivity contribution is 0.0922. The summed E-state index contributed by atoms with van der Waals surface area (Å²) in [5.74, 6) is -2.42. The highest BCUT2D eigenvalue weighted by molar-refractivity contribution is 9.10. The molecule has 1 saturated heterocycles. The van der Waals surface area contributed by atoms with Crippen LogP contribution >= 0.6 is 28.3 Å². The van der Waals surface area contributed by atoms with Crippen molar-refractivity contribution in [2.75, 3.05) is 13.1 Å². The molecule has 0 saturated carbocycles. The summed E-state index contributed by atoms with van der Waals surface area (Å²) in [6, 6.07) is 2.09. The van der Waals surface area contributed by atoms with Gasteiger partial charge in [-0.1, -0.05) is 15.9 Å². The molecule has 0 radical (unpaired) electrons. The zero-order valence-electron chi connectivity index (χ0n) is 10.0. The van der Waals surface area contributed by atoms with Crippen LogP contribution in [0.1, 0.15) is 23.2 Å². The molecule has 1 aromatic rings. The molecular weight excluding hydrogens is 341 g/mol. The molecule has 0 spiro atoms. The molecule has 0 aliphatic carbocycles. The standard InChI is InChI=1S/C12H13BrF2N2O.ClH/c13-7-4-9(14)11(10(15)5-7)12(18)17-8-2-1-3-16-6-8;/h4-5,8,16H,1-3,6H2,(H,17,18);1H/t8-;/m1./s1. The SMILES string of the molecule is Cl.O=C(N[C@@H]1CCCNC1)c1c(F)cc(Br)cc1F. The van der Waals surface area contributed by atoms with Gasteiger partial charge in [0.25, 0.3) is 5.91 Å². The highest BCUT2D eigenvalue weighted by atomic mass is 79.9. The van der Waals surface area contributed by atoms with E-state index in [0.717, 1.165) is 31.5 Å². The molecule has 1 aliphatic rings. The lowest BCUT2D eigenvalue weighted by Crippen LogP contribution is -2.46. The highest BCUT2D eigenvalue weighted by Crippen LogP contribution is 2.19. The number of rotatable bonds is 2. The first-order valence-corrected chi connectivity index (χ1v) is 6.53. The molecule has 2 N–H and O–H groups in total. The third-order valence-electron chi connectivity index (χ3n) is 2.87. The second kappa shape index (κ2) is 7.17. The summed E-state index contributed by atoms with van der Waals surface area (Å²) in [6.07, 6.45) is 1.76. The minimum Gasteiger partial charge on any atom is -0.348 e. The van der Waals surface area contributed by atoms with E-state index in [9.17, 15) is 13.6 Å². The molecule has 7 heteroatoms. The first kappa shape index (κ1) is 16.3. The fraction of sp³-hybridized carbons (Fsp3) is 0.417. The van der Waals surface area contributed by atoms with Crippen molar-refractivity contribution in [2.45, 2.75) is 18.9 Å². The van der Waals surface area contributed by atoms with Crippen LogP contribution in [-0.4, -0.2) is 25.0 Å². The molecule has 19 heavy (non-hydrogen) atoms. The zero-order valence-corrected chi connectivity index (χ0v) is 12.4. The summed E-state index contributed by atoms with van der Waals surface area (Å²) in [5.41, 5.74) is -0.524. The molecule has 0 bridgehead atoms. The molecule has 1 fully saturated rings. The topological polar surface area (TPSA) is 41.1 Å². The predicted octanol–water partition coefficient (Wildman–Crippen LogP) is 2.63. The van der Waals surface area contributed by atoms with E-state index in [1.165, 1.54) is 0 Å². The second-order valence-corrected chi connectivity index (χ2v) is 5.18. The summed E-state index contributed by atoms with van der Waals surface area (Å²) in [4.78, 5) is 11.8. The lowest BCUT2D eigenvalue weighted by Gasteiger charge is -2.23. The van der Waals surface area contributed by atoms with Crippen molar-refractivity contribution in [3.05, 3.63) is 33.8 Å². The van der Waals surface area contributed by atoms with Crippen LogP contribution in [0.4, 0.5) is 8.78 Å². The Balaban J connectivity index is 0.00000180. The number of piperidine rings is 1. The van der Waals surface area contributed by atoms with Gasteiger partial charge in [-0.3, -0.25) is 4.79 Å². The molecule has 0 unspecified atom stereocenters. The quantitative estimate of drug-likeness (QED) is 0.856. The van der Waals surface area contributed by atoms with E-state index in [4.69, 9.17) is 0 Å². The van der Waals surface area contributed by atoms with Crippen LogP contribution in [0.5, 0.6) is 0 Å². The average molecular weight is 356 g/mol. The first-order chi connectivity index (χ1) is 8.58. The van der Waals surface area contributed by atoms with Gasteiger partial charge in [-0.25, -0.2) is 8.78 Å². The van der Waals surface area contributed by atoms with Gasteiger partial charge >= 0.3 is 0 Å². The molecule has 1 atom stereocenters. The van der Waals surface area contributed by atoms with E-state index in [2.05, 4.69) is 26.6 Å². The zero-order chi connectivity index (χ0) is 13.1. The van der Waals surface area contributed by atoms with Crippen LogP contribution in [0.3, 0.4) is 0 Å². The minimum atomic E-state index is -0.858. The normalized spacial score (nSPS) is 18.6. The van der Waals surface area contributed by atoms with Gasteiger partial charge in [0, 0.05) is 17.1 Å². The largest absolute Gasteiger partial charge is 0.348 e. The molecule has 1 aromatic carbocycles. The summed E-state index contributed by atoms with van der Waals surface area (Å²) in [5, 5.41) is 5.76. The maximum atomic E-state index is 13.6. The number of nitrogens with one attached hydrogen (secondary N) is 2. The third kappa shape index (κ3) is 4.12. The van der Waals surface area contributed by atoms with E-state index in [-0.39, 0.29) is 22.9 Å². The van der Waals surface area contributed by atoms with Gasteiger partial charge in [0.2, 0.25) is 0 Å². The van der Waals surface area contributed by atoms with Crippen molar-refractivity contribution < 1.29 is 13.6 Å². The summed E-state index contributed by atoms with van der Waals surface area (Å²) < 4.78 is 27.4. The van der Waals surface area contributed by atoms with E-state index in [1.54, 1.807) is 0 Å². The molecule has 1 aliphatic heterocycles. The van der Waals surface area contributed by atoms with Crippen molar-refractivity contribution in [1.82, 2.24) is 10.6 Å². The van der Waals surface area contributed by atoms with Crippen LogP contribution in [0.2, 0.25) is 0 Å². The molecular formula is C12H14BrClF2N2O. The fourth-order valence-corrected chi connectivity index (χ4v) is 2.39. The van der Waals surface area contributed by atoms with Crippen molar-refractivity contribution in [1.29, 1.82) is 0 Å². The Hall–Kier alpha value is -0.720. The first-order valence-electron chi connectivity index (χ1n) is 5.74. The van der Waals surface area contributed by atoms with Crippen molar-refractivity contribution in [3.63, 3.8) is 0 Å². The van der Waals surface area contributed by atoms with Gasteiger partial charge < -0.3 is 10.6 Å². The molecule has 0 aromatic heterocycles.